The van der Waals surface area contributed by atoms with Crippen LogP contribution < -0.4 is 0 Å². The van der Waals surface area contributed by atoms with Crippen LogP contribution in [0.1, 0.15) is 47.0 Å². The van der Waals surface area contributed by atoms with Crippen LogP contribution in [0.5, 0.6) is 0 Å². The first-order valence-electron chi connectivity index (χ1n) is 7.67. The van der Waals surface area contributed by atoms with Gasteiger partial charge in [0.2, 0.25) is 0 Å². The number of thiol groups is 1. The molecule has 0 aromatic carbocycles. The lowest BCUT2D eigenvalue weighted by atomic mass is 9.66. The van der Waals surface area contributed by atoms with Gasteiger partial charge in [-0.3, -0.25) is 4.57 Å². The maximum atomic E-state index is 12.6. The Kier molecular flexibility index (Phi) is 7.83. The Bertz CT molecular complexity index is 367. The SMILES string of the molecule is [B]C1CC(CC(C)C)C(OP(=O)(CS)OC(C)C)CC1O. The third-order valence-electron chi connectivity index (χ3n) is 3.68. The predicted molar refractivity (Wildman–Crippen MR) is 90.2 cm³/mol. The van der Waals surface area contributed by atoms with Crippen molar-refractivity contribution in [2.75, 3.05) is 5.49 Å². The Morgan fingerprint density at radius 3 is 2.43 bits per heavy atom. The predicted octanol–water partition coefficient (Wildman–Crippen LogP) is 3.65. The fourth-order valence-electron chi connectivity index (χ4n) is 2.87. The molecule has 0 bridgehead atoms. The van der Waals surface area contributed by atoms with Gasteiger partial charge >= 0.3 is 7.60 Å². The van der Waals surface area contributed by atoms with Gasteiger partial charge in [-0.25, -0.2) is 0 Å². The Morgan fingerprint density at radius 1 is 1.33 bits per heavy atom. The van der Waals surface area contributed by atoms with Gasteiger partial charge in [0.25, 0.3) is 0 Å². The van der Waals surface area contributed by atoms with Crippen LogP contribution in [0.15, 0.2) is 0 Å². The van der Waals surface area contributed by atoms with Gasteiger partial charge in [0, 0.05) is 0 Å². The molecule has 0 spiro atoms. The van der Waals surface area contributed by atoms with Crippen LogP contribution in [-0.4, -0.2) is 36.8 Å². The van der Waals surface area contributed by atoms with E-state index in [4.69, 9.17) is 16.9 Å². The molecule has 0 aromatic rings. The highest BCUT2D eigenvalue weighted by atomic mass is 32.1. The number of hydrogen-bond acceptors (Lipinski definition) is 5. The van der Waals surface area contributed by atoms with E-state index in [0.717, 1.165) is 6.42 Å². The standard InChI is InChI=1S/C14H28BO4PS/c1-9(2)5-11-6-12(15)13(16)7-14(11)19-20(17,8-21)18-10(3)4/h9-14,16,21H,5-8H2,1-4H3. The Labute approximate surface area is 135 Å². The summed E-state index contributed by atoms with van der Waals surface area (Å²) in [5.74, 6) is 0.437. The molecule has 122 valence electrons. The molecule has 21 heavy (non-hydrogen) atoms. The van der Waals surface area contributed by atoms with Gasteiger partial charge in [0.05, 0.1) is 31.7 Å². The Hall–Kier alpha value is 0.525. The molecule has 0 aliphatic heterocycles. The van der Waals surface area contributed by atoms with E-state index in [1.807, 2.05) is 13.8 Å². The van der Waals surface area contributed by atoms with Gasteiger partial charge < -0.3 is 14.2 Å². The average Bonchev–Trinajstić information content (AvgIpc) is 2.34. The topological polar surface area (TPSA) is 55.8 Å². The van der Waals surface area contributed by atoms with Crippen molar-refractivity contribution in [3.05, 3.63) is 0 Å². The summed E-state index contributed by atoms with van der Waals surface area (Å²) < 4.78 is 23.9. The van der Waals surface area contributed by atoms with Crippen molar-refractivity contribution in [2.24, 2.45) is 11.8 Å². The highest BCUT2D eigenvalue weighted by Gasteiger charge is 2.39. The van der Waals surface area contributed by atoms with Gasteiger partial charge in [0.1, 0.15) is 0 Å². The van der Waals surface area contributed by atoms with Crippen LogP contribution in [0.25, 0.3) is 0 Å². The summed E-state index contributed by atoms with van der Waals surface area (Å²) >= 11 is 4.11. The number of aliphatic hydroxyl groups is 1. The quantitative estimate of drug-likeness (QED) is 0.424. The molecular weight excluding hydrogens is 306 g/mol. The summed E-state index contributed by atoms with van der Waals surface area (Å²) in [6, 6.07) is 0. The third kappa shape index (κ3) is 6.27. The molecule has 5 unspecified atom stereocenters. The summed E-state index contributed by atoms with van der Waals surface area (Å²) in [6.45, 7) is 7.90. The normalized spacial score (nSPS) is 33.3. The largest absolute Gasteiger partial charge is 0.394 e. The first kappa shape index (κ1) is 19.6. The number of aliphatic hydroxyl groups excluding tert-OH is 1. The van der Waals surface area contributed by atoms with Crippen molar-refractivity contribution in [1.29, 1.82) is 0 Å². The zero-order chi connectivity index (χ0) is 16.2. The zero-order valence-corrected chi connectivity index (χ0v) is 15.2. The second-order valence-corrected chi connectivity index (χ2v) is 9.42. The Morgan fingerprint density at radius 2 is 1.95 bits per heavy atom. The molecule has 1 aliphatic carbocycles. The van der Waals surface area contributed by atoms with Crippen LogP contribution >= 0.6 is 20.2 Å². The molecule has 7 heteroatoms. The lowest BCUT2D eigenvalue weighted by Gasteiger charge is -2.40. The molecule has 1 saturated carbocycles. The van der Waals surface area contributed by atoms with E-state index in [-0.39, 0.29) is 29.4 Å². The molecule has 4 nitrogen and oxygen atoms in total. The fraction of sp³-hybridized carbons (Fsp3) is 1.00. The minimum atomic E-state index is -3.24. The van der Waals surface area contributed by atoms with Gasteiger partial charge in [-0.2, -0.15) is 12.6 Å². The molecule has 1 N–H and O–H groups in total. The number of rotatable bonds is 7. The third-order valence-corrected chi connectivity index (χ3v) is 6.40. The molecular formula is C14H28BO4PS. The molecule has 0 saturated heterocycles. The summed E-state index contributed by atoms with van der Waals surface area (Å²) in [7, 11) is 2.72. The lowest BCUT2D eigenvalue weighted by Crippen LogP contribution is -2.38. The van der Waals surface area contributed by atoms with Crippen LogP contribution in [-0.2, 0) is 13.6 Å². The van der Waals surface area contributed by atoms with Gasteiger partial charge in [-0.15, -0.1) is 0 Å². The second kappa shape index (κ2) is 8.40. The summed E-state index contributed by atoms with van der Waals surface area (Å²) in [5, 5.41) is 10.00. The van der Waals surface area contributed by atoms with E-state index < -0.39 is 13.7 Å². The molecule has 0 heterocycles. The maximum Gasteiger partial charge on any atom is 0.340 e. The monoisotopic (exact) mass is 334 g/mol. The van der Waals surface area contributed by atoms with Gasteiger partial charge in [0.15, 0.2) is 0 Å². The van der Waals surface area contributed by atoms with Gasteiger partial charge in [-0.1, -0.05) is 26.1 Å². The van der Waals surface area contributed by atoms with Crippen molar-refractivity contribution in [1.82, 2.24) is 0 Å². The van der Waals surface area contributed by atoms with Crippen molar-refractivity contribution in [3.63, 3.8) is 0 Å². The first-order chi connectivity index (χ1) is 9.66. The minimum Gasteiger partial charge on any atom is -0.394 e. The second-order valence-electron chi connectivity index (χ2n) is 6.64. The molecule has 0 amide bonds. The minimum absolute atomic E-state index is 0.0399. The van der Waals surface area contributed by atoms with Crippen molar-refractivity contribution in [2.45, 2.75) is 71.1 Å². The molecule has 1 aliphatic rings. The number of hydrogen-bond donors (Lipinski definition) is 2. The summed E-state index contributed by atoms with van der Waals surface area (Å²) in [4.78, 5) is 0. The van der Waals surface area contributed by atoms with Crippen molar-refractivity contribution >= 4 is 28.1 Å². The van der Waals surface area contributed by atoms with Crippen molar-refractivity contribution < 1.29 is 18.7 Å². The highest BCUT2D eigenvalue weighted by Crippen LogP contribution is 2.54. The average molecular weight is 334 g/mol. The van der Waals surface area contributed by atoms with Gasteiger partial charge in [-0.05, 0) is 38.5 Å². The smallest absolute Gasteiger partial charge is 0.340 e. The molecule has 1 rings (SSSR count). The highest BCUT2D eigenvalue weighted by molar-refractivity contribution is 7.88. The van der Waals surface area contributed by atoms with E-state index in [2.05, 4.69) is 26.5 Å². The fourth-order valence-corrected chi connectivity index (χ4v) is 4.76. The molecule has 2 radical (unpaired) electrons. The van der Waals surface area contributed by atoms with Crippen LogP contribution in [0, 0.1) is 11.8 Å². The summed E-state index contributed by atoms with van der Waals surface area (Å²) in [5.41, 5.74) is 0.0399. The van der Waals surface area contributed by atoms with Crippen LogP contribution in [0.4, 0.5) is 0 Å². The zero-order valence-electron chi connectivity index (χ0n) is 13.4. The Balaban J connectivity index is 2.81. The maximum absolute atomic E-state index is 12.6. The van der Waals surface area contributed by atoms with E-state index >= 15 is 0 Å². The van der Waals surface area contributed by atoms with E-state index in [1.54, 1.807) is 0 Å². The lowest BCUT2D eigenvalue weighted by molar-refractivity contribution is -0.000780. The molecule has 0 aromatic heterocycles. The van der Waals surface area contributed by atoms with Crippen LogP contribution in [0.3, 0.4) is 0 Å². The first-order valence-corrected chi connectivity index (χ1v) is 10.0. The van der Waals surface area contributed by atoms with E-state index in [0.29, 0.717) is 18.8 Å². The van der Waals surface area contributed by atoms with E-state index in [1.165, 1.54) is 0 Å². The van der Waals surface area contributed by atoms with E-state index in [9.17, 15) is 9.67 Å². The summed E-state index contributed by atoms with van der Waals surface area (Å²) in [6.07, 6.45) is 0.905. The van der Waals surface area contributed by atoms with Crippen molar-refractivity contribution in [3.8, 4) is 0 Å². The molecule has 5 atom stereocenters. The molecule has 1 fully saturated rings. The van der Waals surface area contributed by atoms with Crippen LogP contribution in [0.2, 0.25) is 5.82 Å².